The zero-order chi connectivity index (χ0) is 16.2. The van der Waals surface area contributed by atoms with Gasteiger partial charge >= 0.3 is 0 Å². The summed E-state index contributed by atoms with van der Waals surface area (Å²) in [5.74, 6) is 8.75. The van der Waals surface area contributed by atoms with Crippen molar-refractivity contribution >= 4 is 0 Å². The third kappa shape index (κ3) is 3.02. The van der Waals surface area contributed by atoms with Gasteiger partial charge in [-0.1, -0.05) is 40.5 Å². The largest absolute Gasteiger partial charge is 0.0625 e. The Kier molecular flexibility index (Phi) is 4.34. The van der Waals surface area contributed by atoms with Gasteiger partial charge < -0.3 is 0 Å². The summed E-state index contributed by atoms with van der Waals surface area (Å²) in [4.78, 5) is 0. The Morgan fingerprint density at radius 2 is 1.39 bits per heavy atom. The summed E-state index contributed by atoms with van der Waals surface area (Å²) in [6, 6.07) is 0. The Hall–Kier alpha value is 0. The van der Waals surface area contributed by atoms with Crippen LogP contribution in [0.1, 0.15) is 91.9 Å². The highest BCUT2D eigenvalue weighted by Crippen LogP contribution is 2.60. The van der Waals surface area contributed by atoms with Crippen LogP contribution >= 0.6 is 0 Å². The fourth-order valence-corrected chi connectivity index (χ4v) is 7.83. The zero-order valence-corrected chi connectivity index (χ0v) is 16.2. The van der Waals surface area contributed by atoms with Gasteiger partial charge in [-0.2, -0.15) is 0 Å². The summed E-state index contributed by atoms with van der Waals surface area (Å²) in [7, 11) is 0. The molecule has 4 fully saturated rings. The van der Waals surface area contributed by atoms with Gasteiger partial charge in [-0.25, -0.2) is 0 Å². The van der Waals surface area contributed by atoms with Crippen LogP contribution in [0, 0.1) is 52.8 Å². The molecule has 0 radical (unpaired) electrons. The highest BCUT2D eigenvalue weighted by molar-refractivity contribution is 5.01. The standard InChI is InChI=1S/C23H40/c1-15-12-18-14-17-6-5-7-20(17)22(21(18)13-15)16-8-10-19(11-9-16)23(2,3)4/h15-22H,5-14H2,1-4H3. The van der Waals surface area contributed by atoms with E-state index in [0.717, 1.165) is 47.3 Å². The number of fused-ring (bicyclic) bond motifs is 2. The van der Waals surface area contributed by atoms with E-state index in [-0.39, 0.29) is 0 Å². The van der Waals surface area contributed by atoms with Gasteiger partial charge in [0.2, 0.25) is 0 Å². The third-order valence-corrected chi connectivity index (χ3v) is 8.84. The first-order valence-electron chi connectivity index (χ1n) is 10.9. The van der Waals surface area contributed by atoms with E-state index in [0.29, 0.717) is 5.41 Å². The van der Waals surface area contributed by atoms with Crippen molar-refractivity contribution in [2.24, 2.45) is 52.8 Å². The van der Waals surface area contributed by atoms with E-state index in [2.05, 4.69) is 27.7 Å². The predicted molar refractivity (Wildman–Crippen MR) is 99.2 cm³/mol. The van der Waals surface area contributed by atoms with Gasteiger partial charge in [0.1, 0.15) is 0 Å². The first kappa shape index (κ1) is 16.5. The van der Waals surface area contributed by atoms with Crippen molar-refractivity contribution in [3.05, 3.63) is 0 Å². The van der Waals surface area contributed by atoms with Crippen molar-refractivity contribution in [1.29, 1.82) is 0 Å². The maximum atomic E-state index is 2.54. The third-order valence-electron chi connectivity index (χ3n) is 8.84. The molecule has 4 aliphatic carbocycles. The lowest BCUT2D eigenvalue weighted by molar-refractivity contribution is 0.00206. The molecule has 0 spiro atoms. The van der Waals surface area contributed by atoms with Crippen LogP contribution in [0.15, 0.2) is 0 Å². The van der Waals surface area contributed by atoms with Crippen LogP contribution in [0.2, 0.25) is 0 Å². The van der Waals surface area contributed by atoms with Gasteiger partial charge in [0, 0.05) is 0 Å². The average molecular weight is 317 g/mol. The second-order valence-electron chi connectivity index (χ2n) is 11.1. The van der Waals surface area contributed by atoms with Gasteiger partial charge in [-0.3, -0.25) is 0 Å². The Balaban J connectivity index is 1.49. The molecule has 4 rings (SSSR count). The van der Waals surface area contributed by atoms with Gasteiger partial charge in [-0.05, 0) is 104 Å². The molecule has 0 aliphatic heterocycles. The second-order valence-corrected chi connectivity index (χ2v) is 11.1. The lowest BCUT2D eigenvalue weighted by atomic mass is 9.56. The molecule has 4 saturated carbocycles. The van der Waals surface area contributed by atoms with E-state index in [4.69, 9.17) is 0 Å². The van der Waals surface area contributed by atoms with Crippen molar-refractivity contribution in [2.45, 2.75) is 91.9 Å². The molecule has 0 heteroatoms. The van der Waals surface area contributed by atoms with Crippen molar-refractivity contribution in [3.63, 3.8) is 0 Å². The van der Waals surface area contributed by atoms with Crippen LogP contribution in [-0.2, 0) is 0 Å². The molecule has 23 heavy (non-hydrogen) atoms. The fraction of sp³-hybridized carbons (Fsp3) is 1.00. The minimum Gasteiger partial charge on any atom is -0.0625 e. The molecule has 0 nitrogen and oxygen atoms in total. The van der Waals surface area contributed by atoms with Crippen LogP contribution in [0.25, 0.3) is 0 Å². The molecule has 6 atom stereocenters. The quantitative estimate of drug-likeness (QED) is 0.491. The summed E-state index contributed by atoms with van der Waals surface area (Å²) in [5, 5.41) is 0. The predicted octanol–water partition coefficient (Wildman–Crippen LogP) is 6.94. The highest BCUT2D eigenvalue weighted by Gasteiger charge is 2.51. The average Bonchev–Trinajstić information content (AvgIpc) is 3.08. The lowest BCUT2D eigenvalue weighted by Gasteiger charge is -2.49. The van der Waals surface area contributed by atoms with E-state index < -0.39 is 0 Å². The maximum absolute atomic E-state index is 2.54. The summed E-state index contributed by atoms with van der Waals surface area (Å²) in [6.45, 7) is 9.96. The Morgan fingerprint density at radius 1 is 0.652 bits per heavy atom. The summed E-state index contributed by atoms with van der Waals surface area (Å²) in [5.41, 5.74) is 0.540. The van der Waals surface area contributed by atoms with Crippen LogP contribution in [0.3, 0.4) is 0 Å². The zero-order valence-electron chi connectivity index (χ0n) is 16.2. The molecular weight excluding hydrogens is 276 g/mol. The van der Waals surface area contributed by atoms with Crippen LogP contribution in [0.4, 0.5) is 0 Å². The van der Waals surface area contributed by atoms with Crippen molar-refractivity contribution in [3.8, 4) is 0 Å². The normalized spacial score (nSPS) is 50.6. The van der Waals surface area contributed by atoms with E-state index in [9.17, 15) is 0 Å². The minimum atomic E-state index is 0.540. The van der Waals surface area contributed by atoms with Gasteiger partial charge in [0.15, 0.2) is 0 Å². The Labute approximate surface area is 145 Å². The first-order valence-corrected chi connectivity index (χ1v) is 10.9. The van der Waals surface area contributed by atoms with E-state index >= 15 is 0 Å². The molecule has 0 saturated heterocycles. The molecule has 132 valence electrons. The lowest BCUT2D eigenvalue weighted by Crippen LogP contribution is -2.41. The topological polar surface area (TPSA) is 0 Å². The van der Waals surface area contributed by atoms with Crippen LogP contribution in [0.5, 0.6) is 0 Å². The smallest absolute Gasteiger partial charge is 0.0324 e. The van der Waals surface area contributed by atoms with Crippen LogP contribution < -0.4 is 0 Å². The number of hydrogen-bond acceptors (Lipinski definition) is 0. The second kappa shape index (κ2) is 6.06. The first-order chi connectivity index (χ1) is 10.9. The molecule has 0 aromatic carbocycles. The van der Waals surface area contributed by atoms with Crippen molar-refractivity contribution < 1.29 is 0 Å². The molecule has 4 aliphatic rings. The molecule has 0 amide bonds. The summed E-state index contributed by atoms with van der Waals surface area (Å²) >= 11 is 0. The summed E-state index contributed by atoms with van der Waals surface area (Å²) < 4.78 is 0. The van der Waals surface area contributed by atoms with Gasteiger partial charge in [0.25, 0.3) is 0 Å². The van der Waals surface area contributed by atoms with Gasteiger partial charge in [0.05, 0.1) is 0 Å². The fourth-order valence-electron chi connectivity index (χ4n) is 7.83. The molecule has 0 heterocycles. The SMILES string of the molecule is CC1CC2CC3CCCC3C(C3CCC(C(C)(C)C)CC3)C2C1. The van der Waals surface area contributed by atoms with E-state index in [1.54, 1.807) is 51.4 Å². The Bertz CT molecular complexity index is 408. The molecular formula is C23H40. The molecule has 6 unspecified atom stereocenters. The van der Waals surface area contributed by atoms with Gasteiger partial charge in [-0.15, -0.1) is 0 Å². The molecule has 0 N–H and O–H groups in total. The number of hydrogen-bond donors (Lipinski definition) is 0. The van der Waals surface area contributed by atoms with Crippen LogP contribution in [-0.4, -0.2) is 0 Å². The van der Waals surface area contributed by atoms with E-state index in [1.165, 1.54) is 12.8 Å². The Morgan fingerprint density at radius 3 is 2.09 bits per heavy atom. The monoisotopic (exact) mass is 316 g/mol. The number of rotatable bonds is 1. The molecule has 0 aromatic heterocycles. The molecule has 0 bridgehead atoms. The minimum absolute atomic E-state index is 0.540. The van der Waals surface area contributed by atoms with Crippen molar-refractivity contribution in [1.82, 2.24) is 0 Å². The maximum Gasteiger partial charge on any atom is -0.0324 e. The van der Waals surface area contributed by atoms with Crippen molar-refractivity contribution in [2.75, 3.05) is 0 Å². The molecule has 0 aromatic rings. The highest BCUT2D eigenvalue weighted by atomic mass is 14.6. The summed E-state index contributed by atoms with van der Waals surface area (Å²) in [6.07, 6.45) is 15.7. The van der Waals surface area contributed by atoms with E-state index in [1.807, 2.05) is 0 Å².